The van der Waals surface area contributed by atoms with Crippen molar-refractivity contribution in [3.05, 3.63) is 46.2 Å². The van der Waals surface area contributed by atoms with Crippen LogP contribution in [0, 0.1) is 0 Å². The first-order valence-electron chi connectivity index (χ1n) is 4.75. The Labute approximate surface area is 105 Å². The number of benzene rings is 1. The zero-order chi connectivity index (χ0) is 11.1. The van der Waals surface area contributed by atoms with E-state index in [1.807, 2.05) is 24.3 Å². The minimum Gasteiger partial charge on any atom is -0.254 e. The molecule has 0 saturated carbocycles. The maximum atomic E-state index is 6.12. The average Bonchev–Trinajstić information content (AvgIpc) is 2.29. The van der Waals surface area contributed by atoms with Crippen LogP contribution in [0.2, 0.25) is 5.02 Å². The Hall–Kier alpha value is -1.19. The van der Waals surface area contributed by atoms with E-state index in [1.165, 1.54) is 0 Å². The van der Waals surface area contributed by atoms with E-state index in [2.05, 4.69) is 25.9 Å². The van der Waals surface area contributed by atoms with Gasteiger partial charge in [-0.1, -0.05) is 29.8 Å². The molecule has 0 radical (unpaired) electrons. The highest BCUT2D eigenvalue weighted by Gasteiger charge is 2.05. The van der Waals surface area contributed by atoms with Crippen molar-refractivity contribution in [3.8, 4) is 0 Å². The summed E-state index contributed by atoms with van der Waals surface area (Å²) >= 11 is 9.48. The van der Waals surface area contributed by atoms with Crippen molar-refractivity contribution in [2.75, 3.05) is 0 Å². The lowest BCUT2D eigenvalue weighted by Gasteiger charge is -2.03. The Balaban J connectivity index is 2.58. The van der Waals surface area contributed by atoms with E-state index in [-0.39, 0.29) is 0 Å². The summed E-state index contributed by atoms with van der Waals surface area (Å²) in [5.74, 6) is 0. The van der Waals surface area contributed by atoms with E-state index in [0.717, 1.165) is 26.4 Å². The van der Waals surface area contributed by atoms with Gasteiger partial charge in [-0.25, -0.2) is 4.98 Å². The topological polar surface area (TPSA) is 25.8 Å². The van der Waals surface area contributed by atoms with E-state index in [9.17, 15) is 0 Å². The number of fused-ring (bicyclic) bond motifs is 3. The summed E-state index contributed by atoms with van der Waals surface area (Å²) < 4.78 is 0.800. The van der Waals surface area contributed by atoms with Crippen LogP contribution in [-0.4, -0.2) is 9.97 Å². The van der Waals surface area contributed by atoms with Crippen LogP contribution >= 0.6 is 27.5 Å². The first kappa shape index (κ1) is 10.00. The summed E-state index contributed by atoms with van der Waals surface area (Å²) in [6.45, 7) is 0. The molecule has 3 rings (SSSR count). The highest BCUT2D eigenvalue weighted by Crippen LogP contribution is 2.27. The van der Waals surface area contributed by atoms with Gasteiger partial charge in [0.05, 0.1) is 16.1 Å². The van der Waals surface area contributed by atoms with Crippen molar-refractivity contribution in [1.29, 1.82) is 0 Å². The molecule has 2 heterocycles. The van der Waals surface area contributed by atoms with Gasteiger partial charge in [0.1, 0.15) is 4.60 Å². The van der Waals surface area contributed by atoms with Gasteiger partial charge >= 0.3 is 0 Å². The maximum Gasteiger partial charge on any atom is 0.106 e. The molecule has 4 heteroatoms. The van der Waals surface area contributed by atoms with Gasteiger partial charge < -0.3 is 0 Å². The molecule has 0 aliphatic heterocycles. The monoisotopic (exact) mass is 292 g/mol. The molecule has 3 aromatic rings. The molecule has 78 valence electrons. The van der Waals surface area contributed by atoms with Crippen molar-refractivity contribution in [1.82, 2.24) is 9.97 Å². The van der Waals surface area contributed by atoms with Crippen LogP contribution in [0.1, 0.15) is 0 Å². The van der Waals surface area contributed by atoms with Crippen LogP contribution in [0.15, 0.2) is 41.1 Å². The summed E-state index contributed by atoms with van der Waals surface area (Å²) in [6.07, 6.45) is 1.70. The summed E-state index contributed by atoms with van der Waals surface area (Å²) in [5.41, 5.74) is 1.71. The molecule has 0 saturated heterocycles. The fourth-order valence-corrected chi connectivity index (χ4v) is 2.26. The van der Waals surface area contributed by atoms with Gasteiger partial charge in [0.2, 0.25) is 0 Å². The molecule has 1 aromatic carbocycles. The number of nitrogens with zero attached hydrogens (tertiary/aromatic N) is 2. The third-order valence-corrected chi connectivity index (χ3v) is 3.25. The number of pyridine rings is 2. The van der Waals surface area contributed by atoms with E-state index < -0.39 is 0 Å². The summed E-state index contributed by atoms with van der Waals surface area (Å²) in [4.78, 5) is 8.78. The highest BCUT2D eigenvalue weighted by atomic mass is 79.9. The molecule has 16 heavy (non-hydrogen) atoms. The smallest absolute Gasteiger partial charge is 0.106 e. The van der Waals surface area contributed by atoms with Gasteiger partial charge in [0.15, 0.2) is 0 Å². The van der Waals surface area contributed by atoms with Crippen LogP contribution < -0.4 is 0 Å². The van der Waals surface area contributed by atoms with Gasteiger partial charge in [-0.15, -0.1) is 0 Å². The quantitative estimate of drug-likeness (QED) is 0.458. The van der Waals surface area contributed by atoms with Crippen molar-refractivity contribution in [2.45, 2.75) is 0 Å². The van der Waals surface area contributed by atoms with Crippen LogP contribution in [0.5, 0.6) is 0 Å². The van der Waals surface area contributed by atoms with Crippen molar-refractivity contribution < 1.29 is 0 Å². The first-order chi connectivity index (χ1) is 7.75. The molecule has 0 bridgehead atoms. The lowest BCUT2D eigenvalue weighted by Crippen LogP contribution is -1.86. The number of aromatic nitrogens is 2. The van der Waals surface area contributed by atoms with Crippen molar-refractivity contribution in [3.63, 3.8) is 0 Å². The molecule has 0 atom stereocenters. The second kappa shape index (κ2) is 3.68. The minimum atomic E-state index is 0.702. The lowest BCUT2D eigenvalue weighted by atomic mass is 10.1. The predicted octanol–water partition coefficient (Wildman–Crippen LogP) is 4.20. The normalized spacial score (nSPS) is 11.1. The van der Waals surface area contributed by atoms with Gasteiger partial charge in [-0.2, -0.15) is 0 Å². The Morgan fingerprint density at radius 2 is 1.81 bits per heavy atom. The number of halogens is 2. The average molecular weight is 294 g/mol. The molecular weight excluding hydrogens is 288 g/mol. The second-order valence-electron chi connectivity index (χ2n) is 3.46. The van der Waals surface area contributed by atoms with E-state index in [4.69, 9.17) is 11.6 Å². The standard InChI is InChI=1S/C12H6BrClN2/c13-10-4-2-7-1-3-8-9(14)5-6-15-12(8)11(7)16-10/h1-6H. The van der Waals surface area contributed by atoms with Gasteiger partial charge in [-0.3, -0.25) is 4.98 Å². The Morgan fingerprint density at radius 3 is 2.69 bits per heavy atom. The lowest BCUT2D eigenvalue weighted by molar-refractivity contribution is 1.34. The van der Waals surface area contributed by atoms with Crippen LogP contribution in [-0.2, 0) is 0 Å². The fourth-order valence-electron chi connectivity index (χ4n) is 1.74. The summed E-state index contributed by atoms with van der Waals surface area (Å²) in [6, 6.07) is 9.69. The van der Waals surface area contributed by atoms with Crippen molar-refractivity contribution in [2.24, 2.45) is 0 Å². The molecule has 0 unspecified atom stereocenters. The molecule has 0 aliphatic rings. The van der Waals surface area contributed by atoms with Crippen LogP contribution in [0.25, 0.3) is 21.8 Å². The predicted molar refractivity (Wildman–Crippen MR) is 69.8 cm³/mol. The third kappa shape index (κ3) is 1.47. The first-order valence-corrected chi connectivity index (χ1v) is 5.92. The molecule has 0 amide bonds. The second-order valence-corrected chi connectivity index (χ2v) is 4.68. The van der Waals surface area contributed by atoms with Gasteiger partial charge in [0.25, 0.3) is 0 Å². The molecule has 0 N–H and O–H groups in total. The minimum absolute atomic E-state index is 0.702. The molecule has 0 aliphatic carbocycles. The largest absolute Gasteiger partial charge is 0.254 e. The van der Waals surface area contributed by atoms with E-state index >= 15 is 0 Å². The zero-order valence-corrected chi connectivity index (χ0v) is 10.5. The number of hydrogen-bond donors (Lipinski definition) is 0. The molecular formula is C12H6BrClN2. The molecule has 0 fully saturated rings. The third-order valence-electron chi connectivity index (χ3n) is 2.48. The van der Waals surface area contributed by atoms with Crippen LogP contribution in [0.4, 0.5) is 0 Å². The Morgan fingerprint density at radius 1 is 1.00 bits per heavy atom. The summed E-state index contributed by atoms with van der Waals surface area (Å²) in [5, 5.41) is 2.70. The van der Waals surface area contributed by atoms with Crippen molar-refractivity contribution >= 4 is 49.3 Å². The molecule has 2 aromatic heterocycles. The Kier molecular flexibility index (Phi) is 2.30. The van der Waals surface area contributed by atoms with Gasteiger partial charge in [0, 0.05) is 17.0 Å². The van der Waals surface area contributed by atoms with Gasteiger partial charge in [-0.05, 0) is 28.1 Å². The fraction of sp³-hybridized carbons (Fsp3) is 0. The summed E-state index contributed by atoms with van der Waals surface area (Å²) in [7, 11) is 0. The number of rotatable bonds is 0. The van der Waals surface area contributed by atoms with E-state index in [0.29, 0.717) is 5.02 Å². The van der Waals surface area contributed by atoms with E-state index in [1.54, 1.807) is 12.3 Å². The SMILES string of the molecule is Clc1ccnc2c1ccc1ccc(Br)nc12. The zero-order valence-electron chi connectivity index (χ0n) is 8.11. The Bertz CT molecular complexity index is 697. The highest BCUT2D eigenvalue weighted by molar-refractivity contribution is 9.10. The van der Waals surface area contributed by atoms with Crippen LogP contribution in [0.3, 0.4) is 0 Å². The number of hydrogen-bond acceptors (Lipinski definition) is 2. The molecule has 2 nitrogen and oxygen atoms in total. The maximum absolute atomic E-state index is 6.12. The molecule has 0 spiro atoms.